The number of imidazole rings is 1. The smallest absolute Gasteiger partial charge is 0.325 e. The standard InChI is InChI=1S/C11H13N3O2/c1-2-8-13-7-5-3-4-6(10(7)14-8)9(12)11(15)16/h3-5,9H,2,12H2,1H3,(H,13,14)(H,15,16). The van der Waals surface area contributed by atoms with Crippen molar-refractivity contribution in [2.75, 3.05) is 0 Å². The summed E-state index contributed by atoms with van der Waals surface area (Å²) in [5.41, 5.74) is 7.62. The number of hydrogen-bond donors (Lipinski definition) is 3. The van der Waals surface area contributed by atoms with E-state index in [-0.39, 0.29) is 0 Å². The Morgan fingerprint density at radius 2 is 2.38 bits per heavy atom. The molecule has 2 rings (SSSR count). The molecule has 5 nitrogen and oxygen atoms in total. The van der Waals surface area contributed by atoms with Crippen LogP contribution in [0.25, 0.3) is 11.0 Å². The molecule has 0 radical (unpaired) electrons. The molecule has 0 aliphatic rings. The zero-order valence-electron chi connectivity index (χ0n) is 8.90. The minimum Gasteiger partial charge on any atom is -0.480 e. The molecule has 1 unspecified atom stereocenters. The molecule has 1 heterocycles. The molecule has 16 heavy (non-hydrogen) atoms. The number of aromatic amines is 1. The molecule has 4 N–H and O–H groups in total. The molecule has 0 fully saturated rings. The minimum atomic E-state index is -1.05. The number of carboxylic acid groups (broad SMARTS) is 1. The Bertz CT molecular complexity index is 533. The number of aromatic nitrogens is 2. The molecule has 0 saturated carbocycles. The number of carbonyl (C=O) groups is 1. The Morgan fingerprint density at radius 1 is 1.62 bits per heavy atom. The SMILES string of the molecule is CCc1nc2c(C(N)C(=O)O)cccc2[nH]1. The van der Waals surface area contributed by atoms with Crippen molar-refractivity contribution in [1.82, 2.24) is 9.97 Å². The molecule has 0 bridgehead atoms. The van der Waals surface area contributed by atoms with Gasteiger partial charge in [-0.2, -0.15) is 0 Å². The normalized spacial score (nSPS) is 12.9. The third-order valence-corrected chi connectivity index (χ3v) is 2.53. The number of nitrogens with two attached hydrogens (primary N) is 1. The summed E-state index contributed by atoms with van der Waals surface area (Å²) < 4.78 is 0. The van der Waals surface area contributed by atoms with Gasteiger partial charge in [0.05, 0.1) is 11.0 Å². The summed E-state index contributed by atoms with van der Waals surface area (Å²) in [4.78, 5) is 18.3. The second kappa shape index (κ2) is 3.94. The van der Waals surface area contributed by atoms with Crippen molar-refractivity contribution >= 4 is 17.0 Å². The number of benzene rings is 1. The highest BCUT2D eigenvalue weighted by Gasteiger charge is 2.18. The summed E-state index contributed by atoms with van der Waals surface area (Å²) in [5, 5.41) is 8.90. The quantitative estimate of drug-likeness (QED) is 0.723. The first-order valence-corrected chi connectivity index (χ1v) is 5.09. The van der Waals surface area contributed by atoms with E-state index in [9.17, 15) is 4.79 Å². The van der Waals surface area contributed by atoms with Gasteiger partial charge in [0.2, 0.25) is 0 Å². The van der Waals surface area contributed by atoms with Gasteiger partial charge in [0, 0.05) is 12.0 Å². The second-order valence-electron chi connectivity index (χ2n) is 3.60. The third-order valence-electron chi connectivity index (χ3n) is 2.53. The highest BCUT2D eigenvalue weighted by atomic mass is 16.4. The van der Waals surface area contributed by atoms with Gasteiger partial charge in [0.25, 0.3) is 0 Å². The number of para-hydroxylation sites is 1. The molecular formula is C11H13N3O2. The van der Waals surface area contributed by atoms with Gasteiger partial charge in [-0.25, -0.2) is 4.98 Å². The average molecular weight is 219 g/mol. The monoisotopic (exact) mass is 219 g/mol. The van der Waals surface area contributed by atoms with Crippen molar-refractivity contribution in [2.45, 2.75) is 19.4 Å². The number of hydrogen-bond acceptors (Lipinski definition) is 3. The Labute approximate surface area is 92.3 Å². The van der Waals surface area contributed by atoms with Crippen LogP contribution in [-0.2, 0) is 11.2 Å². The summed E-state index contributed by atoms with van der Waals surface area (Å²) in [6.07, 6.45) is 0.774. The van der Waals surface area contributed by atoms with E-state index >= 15 is 0 Å². The van der Waals surface area contributed by atoms with Gasteiger partial charge < -0.3 is 15.8 Å². The summed E-state index contributed by atoms with van der Waals surface area (Å²) >= 11 is 0. The van der Waals surface area contributed by atoms with Crippen LogP contribution in [0.3, 0.4) is 0 Å². The van der Waals surface area contributed by atoms with Crippen LogP contribution in [0.1, 0.15) is 24.4 Å². The summed E-state index contributed by atoms with van der Waals surface area (Å²) in [6.45, 7) is 1.98. The zero-order chi connectivity index (χ0) is 11.7. The Morgan fingerprint density at radius 3 is 3.00 bits per heavy atom. The molecular weight excluding hydrogens is 206 g/mol. The van der Waals surface area contributed by atoms with Gasteiger partial charge >= 0.3 is 5.97 Å². The van der Waals surface area contributed by atoms with Crippen LogP contribution in [0, 0.1) is 0 Å². The Kier molecular flexibility index (Phi) is 2.62. The molecule has 1 aromatic heterocycles. The van der Waals surface area contributed by atoms with Crippen molar-refractivity contribution in [2.24, 2.45) is 5.73 Å². The fourth-order valence-corrected chi connectivity index (χ4v) is 1.66. The number of aliphatic carboxylic acids is 1. The van der Waals surface area contributed by atoms with Crippen LogP contribution < -0.4 is 5.73 Å². The molecule has 0 aliphatic carbocycles. The first-order valence-electron chi connectivity index (χ1n) is 5.09. The molecule has 5 heteroatoms. The topological polar surface area (TPSA) is 92.0 Å². The van der Waals surface area contributed by atoms with Crippen LogP contribution in [0.2, 0.25) is 0 Å². The number of fused-ring (bicyclic) bond motifs is 1. The van der Waals surface area contributed by atoms with Crippen LogP contribution >= 0.6 is 0 Å². The maximum absolute atomic E-state index is 10.9. The first kappa shape index (κ1) is 10.6. The first-order chi connectivity index (χ1) is 7.63. The van der Waals surface area contributed by atoms with E-state index in [0.717, 1.165) is 17.8 Å². The van der Waals surface area contributed by atoms with Gasteiger partial charge in [-0.1, -0.05) is 19.1 Å². The van der Waals surface area contributed by atoms with Crippen LogP contribution in [0.15, 0.2) is 18.2 Å². The van der Waals surface area contributed by atoms with Gasteiger partial charge in [0.1, 0.15) is 11.9 Å². The Hall–Kier alpha value is -1.88. The van der Waals surface area contributed by atoms with Crippen molar-refractivity contribution in [3.05, 3.63) is 29.6 Å². The molecule has 1 atom stereocenters. The van der Waals surface area contributed by atoms with Crippen molar-refractivity contribution < 1.29 is 9.90 Å². The largest absolute Gasteiger partial charge is 0.480 e. The molecule has 84 valence electrons. The highest BCUT2D eigenvalue weighted by Crippen LogP contribution is 2.21. The summed E-state index contributed by atoms with van der Waals surface area (Å²) in [7, 11) is 0. The van der Waals surface area contributed by atoms with Crippen molar-refractivity contribution in [3.8, 4) is 0 Å². The number of H-pyrrole nitrogens is 1. The maximum atomic E-state index is 10.9. The predicted molar refractivity (Wildman–Crippen MR) is 60.0 cm³/mol. The lowest BCUT2D eigenvalue weighted by molar-refractivity contribution is -0.138. The van der Waals surface area contributed by atoms with E-state index < -0.39 is 12.0 Å². The third kappa shape index (κ3) is 1.65. The highest BCUT2D eigenvalue weighted by molar-refractivity contribution is 5.86. The van der Waals surface area contributed by atoms with E-state index in [1.807, 2.05) is 13.0 Å². The lowest BCUT2D eigenvalue weighted by Gasteiger charge is -2.06. The lowest BCUT2D eigenvalue weighted by Crippen LogP contribution is -2.20. The van der Waals surface area contributed by atoms with E-state index in [2.05, 4.69) is 9.97 Å². The molecule has 0 saturated heterocycles. The molecule has 0 spiro atoms. The minimum absolute atomic E-state index is 0.543. The maximum Gasteiger partial charge on any atom is 0.325 e. The molecule has 0 aliphatic heterocycles. The Balaban J connectivity index is 2.60. The lowest BCUT2D eigenvalue weighted by atomic mass is 10.1. The number of nitrogens with zero attached hydrogens (tertiary/aromatic N) is 1. The van der Waals surface area contributed by atoms with Crippen LogP contribution in [-0.4, -0.2) is 21.0 Å². The van der Waals surface area contributed by atoms with E-state index in [4.69, 9.17) is 10.8 Å². The number of carboxylic acids is 1. The van der Waals surface area contributed by atoms with Crippen LogP contribution in [0.5, 0.6) is 0 Å². The fraction of sp³-hybridized carbons (Fsp3) is 0.273. The van der Waals surface area contributed by atoms with Gasteiger partial charge in [-0.3, -0.25) is 4.79 Å². The van der Waals surface area contributed by atoms with E-state index in [0.29, 0.717) is 11.1 Å². The van der Waals surface area contributed by atoms with Gasteiger partial charge in [-0.05, 0) is 6.07 Å². The van der Waals surface area contributed by atoms with Gasteiger partial charge in [-0.15, -0.1) is 0 Å². The van der Waals surface area contributed by atoms with Gasteiger partial charge in [0.15, 0.2) is 0 Å². The molecule has 2 aromatic rings. The predicted octanol–water partition coefficient (Wildman–Crippen LogP) is 1.21. The number of nitrogens with one attached hydrogen (secondary N) is 1. The summed E-state index contributed by atoms with van der Waals surface area (Å²) in [5.74, 6) is -0.214. The number of aryl methyl sites for hydroxylation is 1. The average Bonchev–Trinajstić information content (AvgIpc) is 2.70. The number of rotatable bonds is 3. The zero-order valence-corrected chi connectivity index (χ0v) is 8.90. The second-order valence-corrected chi connectivity index (χ2v) is 3.60. The fourth-order valence-electron chi connectivity index (χ4n) is 1.66. The van der Waals surface area contributed by atoms with E-state index in [1.54, 1.807) is 12.1 Å². The van der Waals surface area contributed by atoms with Crippen LogP contribution in [0.4, 0.5) is 0 Å². The van der Waals surface area contributed by atoms with E-state index in [1.165, 1.54) is 0 Å². The summed E-state index contributed by atoms with van der Waals surface area (Å²) in [6, 6.07) is 4.30. The van der Waals surface area contributed by atoms with Crippen molar-refractivity contribution in [1.29, 1.82) is 0 Å². The molecule has 0 amide bonds. The van der Waals surface area contributed by atoms with Crippen molar-refractivity contribution in [3.63, 3.8) is 0 Å². The molecule has 1 aromatic carbocycles.